The average molecular weight is 236 g/mol. The number of aromatic nitrogens is 1. The SMILES string of the molecule is CC(C)(CC(N)=O)NC(=O)c1cccc(N)n1. The highest BCUT2D eigenvalue weighted by Crippen LogP contribution is 2.09. The maximum absolute atomic E-state index is 11.8. The van der Waals surface area contributed by atoms with E-state index in [4.69, 9.17) is 11.5 Å². The van der Waals surface area contributed by atoms with Crippen molar-refractivity contribution >= 4 is 17.6 Å². The van der Waals surface area contributed by atoms with Crippen LogP contribution >= 0.6 is 0 Å². The molecule has 0 bridgehead atoms. The van der Waals surface area contributed by atoms with Crippen LogP contribution in [0.25, 0.3) is 0 Å². The smallest absolute Gasteiger partial charge is 0.270 e. The molecule has 0 unspecified atom stereocenters. The molecule has 0 spiro atoms. The van der Waals surface area contributed by atoms with E-state index in [1.54, 1.807) is 32.0 Å². The summed E-state index contributed by atoms with van der Waals surface area (Å²) in [6.45, 7) is 3.42. The van der Waals surface area contributed by atoms with E-state index in [0.29, 0.717) is 0 Å². The van der Waals surface area contributed by atoms with Gasteiger partial charge in [-0.3, -0.25) is 9.59 Å². The van der Waals surface area contributed by atoms with Crippen LogP contribution in [0.15, 0.2) is 18.2 Å². The van der Waals surface area contributed by atoms with Gasteiger partial charge < -0.3 is 16.8 Å². The summed E-state index contributed by atoms with van der Waals surface area (Å²) in [5.41, 5.74) is 10.1. The summed E-state index contributed by atoms with van der Waals surface area (Å²) in [6, 6.07) is 4.77. The summed E-state index contributed by atoms with van der Waals surface area (Å²) in [7, 11) is 0. The Morgan fingerprint density at radius 1 is 1.41 bits per heavy atom. The predicted molar refractivity (Wildman–Crippen MR) is 64.0 cm³/mol. The van der Waals surface area contributed by atoms with E-state index in [1.807, 2.05) is 0 Å². The van der Waals surface area contributed by atoms with Crippen molar-refractivity contribution in [3.8, 4) is 0 Å². The van der Waals surface area contributed by atoms with Crippen molar-refractivity contribution < 1.29 is 9.59 Å². The maximum Gasteiger partial charge on any atom is 0.270 e. The standard InChI is InChI=1S/C11H16N4O2/c1-11(2,6-9(13)16)15-10(17)7-4-3-5-8(12)14-7/h3-5H,6H2,1-2H3,(H2,12,14)(H2,13,16)(H,15,17). The molecular weight excluding hydrogens is 220 g/mol. The topological polar surface area (TPSA) is 111 Å². The molecule has 1 aromatic rings. The number of pyridine rings is 1. The lowest BCUT2D eigenvalue weighted by Crippen LogP contribution is -2.46. The van der Waals surface area contributed by atoms with Gasteiger partial charge in [-0.15, -0.1) is 0 Å². The van der Waals surface area contributed by atoms with E-state index in [1.165, 1.54) is 0 Å². The number of nitrogens with two attached hydrogens (primary N) is 2. The Balaban J connectivity index is 2.75. The Morgan fingerprint density at radius 2 is 2.06 bits per heavy atom. The number of primary amides is 1. The van der Waals surface area contributed by atoms with Crippen LogP contribution in [0.3, 0.4) is 0 Å². The van der Waals surface area contributed by atoms with E-state index in [9.17, 15) is 9.59 Å². The van der Waals surface area contributed by atoms with Crippen LogP contribution in [0.4, 0.5) is 5.82 Å². The molecule has 1 rings (SSSR count). The number of nitrogens with one attached hydrogen (secondary N) is 1. The van der Waals surface area contributed by atoms with Crippen LogP contribution in [0, 0.1) is 0 Å². The van der Waals surface area contributed by atoms with E-state index >= 15 is 0 Å². The minimum Gasteiger partial charge on any atom is -0.384 e. The molecule has 6 nitrogen and oxygen atoms in total. The molecule has 1 aromatic heterocycles. The second-order valence-corrected chi connectivity index (χ2v) is 4.43. The largest absolute Gasteiger partial charge is 0.384 e. The summed E-state index contributed by atoms with van der Waals surface area (Å²) in [4.78, 5) is 26.5. The summed E-state index contributed by atoms with van der Waals surface area (Å²) < 4.78 is 0. The van der Waals surface area contributed by atoms with Gasteiger partial charge in [-0.1, -0.05) is 6.07 Å². The molecule has 0 atom stereocenters. The van der Waals surface area contributed by atoms with Crippen molar-refractivity contribution in [2.24, 2.45) is 5.73 Å². The molecule has 0 aromatic carbocycles. The molecule has 1 heterocycles. The van der Waals surface area contributed by atoms with E-state index in [0.717, 1.165) is 0 Å². The third-order valence-corrected chi connectivity index (χ3v) is 2.07. The average Bonchev–Trinajstić information content (AvgIpc) is 2.14. The molecular formula is C11H16N4O2. The van der Waals surface area contributed by atoms with Crippen molar-refractivity contribution in [2.75, 3.05) is 5.73 Å². The lowest BCUT2D eigenvalue weighted by atomic mass is 10.00. The monoisotopic (exact) mass is 236 g/mol. The molecule has 5 N–H and O–H groups in total. The molecule has 0 aliphatic rings. The van der Waals surface area contributed by atoms with Crippen molar-refractivity contribution in [3.63, 3.8) is 0 Å². The number of hydrogen-bond donors (Lipinski definition) is 3. The second kappa shape index (κ2) is 4.82. The van der Waals surface area contributed by atoms with Crippen molar-refractivity contribution in [1.82, 2.24) is 10.3 Å². The minimum atomic E-state index is -0.713. The van der Waals surface area contributed by atoms with Gasteiger partial charge in [-0.25, -0.2) is 4.98 Å². The summed E-state index contributed by atoms with van der Waals surface area (Å²) in [5.74, 6) is -0.593. The van der Waals surface area contributed by atoms with E-state index < -0.39 is 11.4 Å². The molecule has 0 saturated heterocycles. The molecule has 6 heteroatoms. The van der Waals surface area contributed by atoms with Gasteiger partial charge in [0, 0.05) is 12.0 Å². The molecule has 0 saturated carbocycles. The van der Waals surface area contributed by atoms with E-state index in [2.05, 4.69) is 10.3 Å². The fourth-order valence-corrected chi connectivity index (χ4v) is 1.43. The van der Waals surface area contributed by atoms with Gasteiger partial charge in [0.1, 0.15) is 11.5 Å². The summed E-state index contributed by atoms with van der Waals surface area (Å²) >= 11 is 0. The third-order valence-electron chi connectivity index (χ3n) is 2.07. The van der Waals surface area contributed by atoms with Crippen LogP contribution in [0.5, 0.6) is 0 Å². The number of rotatable bonds is 4. The predicted octanol–water partition coefficient (Wildman–Crippen LogP) is 0.0476. The lowest BCUT2D eigenvalue weighted by Gasteiger charge is -2.24. The number of nitrogen functional groups attached to an aromatic ring is 1. The number of nitrogens with zero attached hydrogens (tertiary/aromatic N) is 1. The van der Waals surface area contributed by atoms with Crippen molar-refractivity contribution in [1.29, 1.82) is 0 Å². The zero-order chi connectivity index (χ0) is 13.1. The zero-order valence-corrected chi connectivity index (χ0v) is 9.86. The van der Waals surface area contributed by atoms with Gasteiger partial charge in [-0.2, -0.15) is 0 Å². The second-order valence-electron chi connectivity index (χ2n) is 4.43. The Morgan fingerprint density at radius 3 is 2.59 bits per heavy atom. The maximum atomic E-state index is 11.8. The van der Waals surface area contributed by atoms with Crippen LogP contribution in [-0.2, 0) is 4.79 Å². The molecule has 0 aliphatic carbocycles. The molecule has 17 heavy (non-hydrogen) atoms. The zero-order valence-electron chi connectivity index (χ0n) is 9.86. The first-order valence-corrected chi connectivity index (χ1v) is 5.13. The lowest BCUT2D eigenvalue weighted by molar-refractivity contribution is -0.119. The number of anilines is 1. The highest BCUT2D eigenvalue weighted by Gasteiger charge is 2.23. The van der Waals surface area contributed by atoms with Crippen LogP contribution in [-0.4, -0.2) is 22.3 Å². The molecule has 2 amide bonds. The number of carbonyl (C=O) groups is 2. The number of amides is 2. The van der Waals surface area contributed by atoms with Gasteiger partial charge in [0.25, 0.3) is 5.91 Å². The van der Waals surface area contributed by atoms with Gasteiger partial charge in [0.15, 0.2) is 0 Å². The molecule has 92 valence electrons. The normalized spacial score (nSPS) is 10.9. The molecule has 0 aliphatic heterocycles. The molecule has 0 radical (unpaired) electrons. The fraction of sp³-hybridized carbons (Fsp3) is 0.364. The Labute approximate surface area is 99.4 Å². The van der Waals surface area contributed by atoms with Crippen LogP contribution < -0.4 is 16.8 Å². The first kappa shape index (κ1) is 13.0. The summed E-state index contributed by atoms with van der Waals surface area (Å²) in [5, 5.41) is 2.67. The number of hydrogen-bond acceptors (Lipinski definition) is 4. The Bertz CT molecular complexity index is 443. The van der Waals surface area contributed by atoms with Crippen molar-refractivity contribution in [3.05, 3.63) is 23.9 Å². The Hall–Kier alpha value is -2.11. The van der Waals surface area contributed by atoms with Gasteiger partial charge in [-0.05, 0) is 26.0 Å². The highest BCUT2D eigenvalue weighted by atomic mass is 16.2. The van der Waals surface area contributed by atoms with Gasteiger partial charge >= 0.3 is 0 Å². The quantitative estimate of drug-likeness (QED) is 0.685. The first-order valence-electron chi connectivity index (χ1n) is 5.13. The van der Waals surface area contributed by atoms with Crippen molar-refractivity contribution in [2.45, 2.75) is 25.8 Å². The van der Waals surface area contributed by atoms with Crippen LogP contribution in [0.2, 0.25) is 0 Å². The van der Waals surface area contributed by atoms with Gasteiger partial charge in [0.2, 0.25) is 5.91 Å². The fourth-order valence-electron chi connectivity index (χ4n) is 1.43. The number of carbonyl (C=O) groups excluding carboxylic acids is 2. The van der Waals surface area contributed by atoms with Gasteiger partial charge in [0.05, 0.1) is 0 Å². The summed E-state index contributed by atoms with van der Waals surface area (Å²) in [6.07, 6.45) is 0.0566. The molecule has 0 fully saturated rings. The third kappa shape index (κ3) is 4.10. The first-order chi connectivity index (χ1) is 7.80. The Kier molecular flexibility index (Phi) is 3.67. The van der Waals surface area contributed by atoms with Crippen LogP contribution in [0.1, 0.15) is 30.8 Å². The minimum absolute atomic E-state index is 0.0566. The van der Waals surface area contributed by atoms with E-state index in [-0.39, 0.29) is 23.8 Å². The highest BCUT2D eigenvalue weighted by molar-refractivity contribution is 5.93.